The Morgan fingerprint density at radius 2 is 1.47 bits per heavy atom. The van der Waals surface area contributed by atoms with Gasteiger partial charge >= 0.3 is 0 Å². The molecule has 0 amide bonds. The summed E-state index contributed by atoms with van der Waals surface area (Å²) in [5, 5.41) is 4.21. The van der Waals surface area contributed by atoms with E-state index in [1.807, 2.05) is 24.3 Å². The third-order valence-corrected chi connectivity index (χ3v) is 4.15. The molecule has 0 fully saturated rings. The Balaban J connectivity index is 1.76. The molecule has 0 spiro atoms. The van der Waals surface area contributed by atoms with Gasteiger partial charge in [-0.25, -0.2) is 0 Å². The first-order chi connectivity index (χ1) is 9.22. The van der Waals surface area contributed by atoms with Crippen LogP contribution in [0.2, 0.25) is 0 Å². The Labute approximate surface area is 128 Å². The van der Waals surface area contributed by atoms with Crippen molar-refractivity contribution in [2.24, 2.45) is 5.16 Å². The maximum Gasteiger partial charge on any atom is 0.158 e. The average molecular weight is 381 g/mol. The van der Waals surface area contributed by atoms with E-state index < -0.39 is 0 Å². The molecule has 4 heteroatoms. The lowest BCUT2D eigenvalue weighted by Gasteiger charge is -2.08. The van der Waals surface area contributed by atoms with Crippen molar-refractivity contribution < 1.29 is 4.84 Å². The van der Waals surface area contributed by atoms with Crippen molar-refractivity contribution in [2.45, 2.75) is 12.5 Å². The third-order valence-electron chi connectivity index (χ3n) is 3.09. The highest BCUT2D eigenvalue weighted by molar-refractivity contribution is 9.10. The number of nitrogens with zero attached hydrogens (tertiary/aromatic N) is 1. The average Bonchev–Trinajstić information content (AvgIpc) is 2.90. The first-order valence-electron chi connectivity index (χ1n) is 5.96. The quantitative estimate of drug-likeness (QED) is 0.712. The molecule has 2 aromatic carbocycles. The van der Waals surface area contributed by atoms with E-state index in [1.54, 1.807) is 0 Å². The number of benzene rings is 2. The summed E-state index contributed by atoms with van der Waals surface area (Å²) in [7, 11) is 0. The Morgan fingerprint density at radius 1 is 0.895 bits per heavy atom. The van der Waals surface area contributed by atoms with Crippen LogP contribution < -0.4 is 0 Å². The van der Waals surface area contributed by atoms with Gasteiger partial charge in [-0.15, -0.1) is 0 Å². The molecule has 0 aromatic heterocycles. The van der Waals surface area contributed by atoms with Crippen LogP contribution in [0.15, 0.2) is 62.6 Å². The summed E-state index contributed by atoms with van der Waals surface area (Å²) in [5.41, 5.74) is 3.27. The van der Waals surface area contributed by atoms with Gasteiger partial charge in [0.25, 0.3) is 0 Å². The van der Waals surface area contributed by atoms with Crippen molar-refractivity contribution in [3.8, 4) is 0 Å². The molecule has 0 radical (unpaired) electrons. The van der Waals surface area contributed by atoms with Crippen LogP contribution in [0, 0.1) is 0 Å². The maximum atomic E-state index is 5.54. The van der Waals surface area contributed by atoms with Gasteiger partial charge in [0, 0.05) is 15.4 Å². The van der Waals surface area contributed by atoms with Crippen LogP contribution >= 0.6 is 31.9 Å². The summed E-state index contributed by atoms with van der Waals surface area (Å²) in [5.74, 6) is 0. The second-order valence-corrected chi connectivity index (χ2v) is 6.23. The minimum atomic E-state index is 0.0201. The fraction of sp³-hybridized carbons (Fsp3) is 0.133. The molecule has 0 N–H and O–H groups in total. The van der Waals surface area contributed by atoms with Gasteiger partial charge < -0.3 is 4.84 Å². The van der Waals surface area contributed by atoms with E-state index in [0.717, 1.165) is 32.2 Å². The summed E-state index contributed by atoms with van der Waals surface area (Å²) >= 11 is 6.87. The fourth-order valence-electron chi connectivity index (χ4n) is 2.05. The molecular formula is C15H11Br2NO. The Bertz CT molecular complexity index is 605. The van der Waals surface area contributed by atoms with Crippen molar-refractivity contribution in [3.63, 3.8) is 0 Å². The van der Waals surface area contributed by atoms with Crippen LogP contribution in [-0.2, 0) is 4.84 Å². The first kappa shape index (κ1) is 12.9. The summed E-state index contributed by atoms with van der Waals surface area (Å²) < 4.78 is 2.14. The molecule has 0 saturated heterocycles. The number of rotatable bonds is 2. The summed E-state index contributed by atoms with van der Waals surface area (Å²) in [6.45, 7) is 0. The SMILES string of the molecule is Brc1ccc(C2=NOC(c3ccc(Br)cc3)C2)cc1. The van der Waals surface area contributed by atoms with Gasteiger partial charge in [-0.1, -0.05) is 61.3 Å². The molecule has 0 aliphatic carbocycles. The predicted octanol–water partition coefficient (Wildman–Crippen LogP) is 5.08. The van der Waals surface area contributed by atoms with Crippen molar-refractivity contribution >= 4 is 37.6 Å². The Kier molecular flexibility index (Phi) is 3.71. The van der Waals surface area contributed by atoms with E-state index in [4.69, 9.17) is 4.84 Å². The smallest absolute Gasteiger partial charge is 0.158 e. The molecule has 2 nitrogen and oxygen atoms in total. The molecule has 0 saturated carbocycles. The maximum absolute atomic E-state index is 5.54. The van der Waals surface area contributed by atoms with E-state index >= 15 is 0 Å². The lowest BCUT2D eigenvalue weighted by atomic mass is 10.0. The van der Waals surface area contributed by atoms with Crippen molar-refractivity contribution in [3.05, 3.63) is 68.6 Å². The van der Waals surface area contributed by atoms with Crippen LogP contribution in [0.4, 0.5) is 0 Å². The fourth-order valence-corrected chi connectivity index (χ4v) is 2.58. The van der Waals surface area contributed by atoms with E-state index in [1.165, 1.54) is 0 Å². The Hall–Kier alpha value is -1.13. The van der Waals surface area contributed by atoms with Gasteiger partial charge in [-0.05, 0) is 35.4 Å². The molecule has 0 bridgehead atoms. The zero-order chi connectivity index (χ0) is 13.2. The molecule has 19 heavy (non-hydrogen) atoms. The molecule has 1 aliphatic heterocycles. The zero-order valence-corrected chi connectivity index (χ0v) is 13.2. The van der Waals surface area contributed by atoms with E-state index in [9.17, 15) is 0 Å². The van der Waals surface area contributed by atoms with Crippen LogP contribution in [-0.4, -0.2) is 5.71 Å². The van der Waals surface area contributed by atoms with Crippen LogP contribution in [0.3, 0.4) is 0 Å². The lowest BCUT2D eigenvalue weighted by molar-refractivity contribution is 0.0857. The molecule has 2 aromatic rings. The molecule has 3 rings (SSSR count). The number of hydrogen-bond donors (Lipinski definition) is 0. The first-order valence-corrected chi connectivity index (χ1v) is 7.55. The Morgan fingerprint density at radius 3 is 2.11 bits per heavy atom. The van der Waals surface area contributed by atoms with Crippen molar-refractivity contribution in [1.29, 1.82) is 0 Å². The van der Waals surface area contributed by atoms with Crippen molar-refractivity contribution in [1.82, 2.24) is 0 Å². The molecule has 1 atom stereocenters. The van der Waals surface area contributed by atoms with Gasteiger partial charge in [-0.3, -0.25) is 0 Å². The second kappa shape index (κ2) is 5.47. The van der Waals surface area contributed by atoms with Gasteiger partial charge in [0.2, 0.25) is 0 Å². The highest BCUT2D eigenvalue weighted by atomic mass is 79.9. The van der Waals surface area contributed by atoms with E-state index in [2.05, 4.69) is 61.3 Å². The van der Waals surface area contributed by atoms with Gasteiger partial charge in [0.1, 0.15) is 0 Å². The number of halogens is 2. The van der Waals surface area contributed by atoms with E-state index in [0.29, 0.717) is 0 Å². The normalized spacial score (nSPS) is 18.0. The lowest BCUT2D eigenvalue weighted by Crippen LogP contribution is -2.01. The number of oxime groups is 1. The second-order valence-electron chi connectivity index (χ2n) is 4.39. The topological polar surface area (TPSA) is 21.6 Å². The summed E-state index contributed by atoms with van der Waals surface area (Å²) in [4.78, 5) is 5.54. The molecule has 1 heterocycles. The van der Waals surface area contributed by atoms with Crippen LogP contribution in [0.1, 0.15) is 23.7 Å². The third kappa shape index (κ3) is 2.90. The molecular weight excluding hydrogens is 370 g/mol. The predicted molar refractivity (Wildman–Crippen MR) is 83.3 cm³/mol. The summed E-state index contributed by atoms with van der Waals surface area (Å²) in [6, 6.07) is 16.3. The highest BCUT2D eigenvalue weighted by Gasteiger charge is 2.23. The monoisotopic (exact) mass is 379 g/mol. The summed E-state index contributed by atoms with van der Waals surface area (Å²) in [6.07, 6.45) is 0.829. The largest absolute Gasteiger partial charge is 0.387 e. The highest BCUT2D eigenvalue weighted by Crippen LogP contribution is 2.30. The van der Waals surface area contributed by atoms with Crippen LogP contribution in [0.25, 0.3) is 0 Å². The standard InChI is InChI=1S/C15H11Br2NO/c16-12-5-1-10(2-6-12)14-9-15(19-18-14)11-3-7-13(17)8-4-11/h1-8,15H,9H2. The number of hydrogen-bond acceptors (Lipinski definition) is 2. The van der Waals surface area contributed by atoms with Gasteiger partial charge in [-0.2, -0.15) is 0 Å². The molecule has 96 valence electrons. The zero-order valence-electron chi connectivity index (χ0n) is 10.0. The molecule has 1 aliphatic rings. The van der Waals surface area contributed by atoms with E-state index in [-0.39, 0.29) is 6.10 Å². The van der Waals surface area contributed by atoms with Gasteiger partial charge in [0.05, 0.1) is 5.71 Å². The van der Waals surface area contributed by atoms with Gasteiger partial charge in [0.15, 0.2) is 6.10 Å². The van der Waals surface area contributed by atoms with Crippen molar-refractivity contribution in [2.75, 3.05) is 0 Å². The van der Waals surface area contributed by atoms with Crippen LogP contribution in [0.5, 0.6) is 0 Å². The minimum Gasteiger partial charge on any atom is -0.387 e. The molecule has 1 unspecified atom stereocenters. The minimum absolute atomic E-state index is 0.0201.